The highest BCUT2D eigenvalue weighted by Crippen LogP contribution is 2.41. The lowest BCUT2D eigenvalue weighted by Gasteiger charge is -2.39. The van der Waals surface area contributed by atoms with E-state index in [4.69, 9.17) is 9.47 Å². The lowest BCUT2D eigenvalue weighted by Crippen LogP contribution is -2.54. The molecule has 49 heavy (non-hydrogen) atoms. The van der Waals surface area contributed by atoms with Crippen LogP contribution in [0.4, 0.5) is 4.79 Å². The molecule has 5 rings (SSSR count). The Balaban J connectivity index is 1.60. The Hall–Kier alpha value is -5.80. The second-order valence-electron chi connectivity index (χ2n) is 11.4. The first-order chi connectivity index (χ1) is 24.0. The number of ketones is 1. The van der Waals surface area contributed by atoms with Gasteiger partial charge in [0, 0.05) is 24.9 Å². The number of ether oxygens (including phenoxy) is 2. The van der Waals surface area contributed by atoms with E-state index in [9.17, 15) is 14.4 Å². The van der Waals surface area contributed by atoms with Crippen molar-refractivity contribution in [2.75, 3.05) is 13.7 Å². The van der Waals surface area contributed by atoms with Crippen LogP contribution < -0.4 is 10.6 Å². The highest BCUT2D eigenvalue weighted by atomic mass is 16.5. The fraction of sp³-hybridized carbons (Fsp3) is 0.200. The maximum atomic E-state index is 14.3. The summed E-state index contributed by atoms with van der Waals surface area (Å²) < 4.78 is 12.6. The molecule has 0 aliphatic rings. The number of methoxy groups -OCH3 is 1. The molecular weight excluding hydrogens is 616 g/mol. The van der Waals surface area contributed by atoms with Crippen molar-refractivity contribution in [2.24, 2.45) is 0 Å². The van der Waals surface area contributed by atoms with Gasteiger partial charge in [-0.15, -0.1) is 0 Å². The molecule has 0 fully saturated rings. The Labute approximate surface area is 286 Å². The molecule has 0 aliphatic heterocycles. The Morgan fingerprint density at radius 1 is 0.816 bits per heavy atom. The summed E-state index contributed by atoms with van der Waals surface area (Å²) >= 11 is 0. The van der Waals surface area contributed by atoms with Gasteiger partial charge in [0.05, 0.1) is 19.5 Å². The molecule has 0 saturated carbocycles. The molecule has 1 aromatic heterocycles. The standard InChI is InChI=1S/C40H40N4O5/c1-3-4-25-42-36(38(46)48-2)37(45)35(43-39(47)49-28-30-17-9-5-10-18-30)26-34-27-41-29-44(34)40(31-19-11-6-12-20-31,32-21-13-7-14-22-32)33-23-15-8-16-24-33/h3-24,27,29,35-36,42H,25-26,28H2,1-2H3,(H,43,47). The fourth-order valence-corrected chi connectivity index (χ4v) is 5.99. The number of aromatic nitrogens is 2. The van der Waals surface area contributed by atoms with E-state index in [1.165, 1.54) is 7.11 Å². The number of imidazole rings is 1. The van der Waals surface area contributed by atoms with Gasteiger partial charge >= 0.3 is 12.1 Å². The highest BCUT2D eigenvalue weighted by molar-refractivity contribution is 6.06. The smallest absolute Gasteiger partial charge is 0.408 e. The molecule has 1 heterocycles. The van der Waals surface area contributed by atoms with Gasteiger partial charge < -0.3 is 19.4 Å². The van der Waals surface area contributed by atoms with Crippen LogP contribution in [0.3, 0.4) is 0 Å². The van der Waals surface area contributed by atoms with Crippen molar-refractivity contribution in [3.05, 3.63) is 174 Å². The number of nitrogens with one attached hydrogen (secondary N) is 2. The van der Waals surface area contributed by atoms with Crippen molar-refractivity contribution < 1.29 is 23.9 Å². The zero-order valence-electron chi connectivity index (χ0n) is 27.6. The molecule has 0 radical (unpaired) electrons. The average molecular weight is 657 g/mol. The van der Waals surface area contributed by atoms with Gasteiger partial charge in [0.1, 0.15) is 12.1 Å². The third kappa shape index (κ3) is 8.02. The van der Waals surface area contributed by atoms with Gasteiger partial charge in [-0.25, -0.2) is 14.6 Å². The van der Waals surface area contributed by atoms with Gasteiger partial charge in [-0.05, 0) is 29.2 Å². The molecular formula is C40H40N4O5. The number of allylic oxidation sites excluding steroid dienone is 1. The van der Waals surface area contributed by atoms with E-state index in [1.54, 1.807) is 24.7 Å². The minimum Gasteiger partial charge on any atom is -0.468 e. The summed E-state index contributed by atoms with van der Waals surface area (Å²) in [4.78, 5) is 45.1. The summed E-state index contributed by atoms with van der Waals surface area (Å²) in [6, 6.07) is 36.9. The monoisotopic (exact) mass is 656 g/mol. The Morgan fingerprint density at radius 3 is 1.86 bits per heavy atom. The lowest BCUT2D eigenvalue weighted by molar-refractivity contribution is -0.147. The van der Waals surface area contributed by atoms with Crippen LogP contribution in [0, 0.1) is 0 Å². The molecule has 2 atom stereocenters. The molecule has 9 heteroatoms. The van der Waals surface area contributed by atoms with E-state index in [-0.39, 0.29) is 19.6 Å². The van der Waals surface area contributed by atoms with E-state index in [0.717, 1.165) is 22.3 Å². The summed E-state index contributed by atoms with van der Waals surface area (Å²) in [6.45, 7) is 2.08. The van der Waals surface area contributed by atoms with Gasteiger partial charge in [0.2, 0.25) is 0 Å². The van der Waals surface area contributed by atoms with E-state index < -0.39 is 35.5 Å². The number of amides is 1. The van der Waals surface area contributed by atoms with Gasteiger partial charge in [0.15, 0.2) is 11.8 Å². The first-order valence-corrected chi connectivity index (χ1v) is 16.1. The zero-order valence-corrected chi connectivity index (χ0v) is 27.6. The Bertz CT molecular complexity index is 1730. The predicted octanol–water partition coefficient (Wildman–Crippen LogP) is 5.84. The van der Waals surface area contributed by atoms with Gasteiger partial charge in [-0.1, -0.05) is 133 Å². The number of hydrogen-bond acceptors (Lipinski definition) is 7. The number of esters is 1. The second-order valence-corrected chi connectivity index (χ2v) is 11.4. The predicted molar refractivity (Wildman–Crippen MR) is 188 cm³/mol. The van der Waals surface area contributed by atoms with E-state index in [0.29, 0.717) is 5.69 Å². The van der Waals surface area contributed by atoms with Crippen LogP contribution in [0.2, 0.25) is 0 Å². The number of carbonyl (C=O) groups excluding carboxylic acids is 3. The Kier molecular flexibility index (Phi) is 11.9. The van der Waals surface area contributed by atoms with Crippen molar-refractivity contribution in [1.29, 1.82) is 0 Å². The average Bonchev–Trinajstić information content (AvgIpc) is 3.62. The fourth-order valence-electron chi connectivity index (χ4n) is 5.99. The van der Waals surface area contributed by atoms with Gasteiger partial charge in [-0.3, -0.25) is 10.1 Å². The minimum atomic E-state index is -1.35. The topological polar surface area (TPSA) is 112 Å². The molecule has 9 nitrogen and oxygen atoms in total. The first kappa shape index (κ1) is 34.5. The van der Waals surface area contributed by atoms with Crippen molar-refractivity contribution >= 4 is 17.8 Å². The number of benzene rings is 4. The minimum absolute atomic E-state index is 0.00459. The summed E-state index contributed by atoms with van der Waals surface area (Å²) in [7, 11) is 1.22. The highest BCUT2D eigenvalue weighted by Gasteiger charge is 2.41. The van der Waals surface area contributed by atoms with Crippen LogP contribution in [-0.2, 0) is 37.6 Å². The van der Waals surface area contributed by atoms with Crippen molar-refractivity contribution in [1.82, 2.24) is 20.2 Å². The lowest BCUT2D eigenvalue weighted by atomic mass is 9.76. The maximum Gasteiger partial charge on any atom is 0.408 e. The largest absolute Gasteiger partial charge is 0.468 e. The first-order valence-electron chi connectivity index (χ1n) is 16.1. The third-order valence-electron chi connectivity index (χ3n) is 8.31. The molecule has 5 aromatic rings. The normalized spacial score (nSPS) is 12.6. The van der Waals surface area contributed by atoms with E-state index in [1.807, 2.05) is 96.4 Å². The number of Topliss-reactive ketones (excluding diaryl/α,β-unsaturated/α-hetero) is 1. The van der Waals surface area contributed by atoms with Crippen molar-refractivity contribution in [3.63, 3.8) is 0 Å². The van der Waals surface area contributed by atoms with Gasteiger partial charge in [-0.2, -0.15) is 0 Å². The molecule has 0 aliphatic carbocycles. The summed E-state index contributed by atoms with van der Waals surface area (Å²) in [5.74, 6) is -1.34. The molecule has 250 valence electrons. The van der Waals surface area contributed by atoms with Crippen LogP contribution >= 0.6 is 0 Å². The second kappa shape index (κ2) is 16.9. The third-order valence-corrected chi connectivity index (χ3v) is 8.31. The summed E-state index contributed by atoms with van der Waals surface area (Å²) in [6.07, 6.45) is 6.19. The molecule has 0 saturated heterocycles. The number of nitrogens with zero attached hydrogens (tertiary/aromatic N) is 2. The van der Waals surface area contributed by atoms with Crippen LogP contribution in [0.15, 0.2) is 146 Å². The number of hydrogen-bond donors (Lipinski definition) is 2. The molecule has 2 N–H and O–H groups in total. The van der Waals surface area contributed by atoms with Crippen LogP contribution in [0.1, 0.15) is 34.9 Å². The quantitative estimate of drug-likeness (QED) is 0.0631. The number of carbonyl (C=O) groups is 3. The number of rotatable bonds is 15. The Morgan fingerprint density at radius 2 is 1.35 bits per heavy atom. The molecule has 2 unspecified atom stereocenters. The maximum absolute atomic E-state index is 14.3. The zero-order chi connectivity index (χ0) is 34.5. The molecule has 4 aromatic carbocycles. The molecule has 1 amide bonds. The van der Waals surface area contributed by atoms with Crippen molar-refractivity contribution in [3.8, 4) is 0 Å². The SMILES string of the molecule is CC=CCNC(C(=O)OC)C(=O)C(Cc1cncn1C(c1ccccc1)(c1ccccc1)c1ccccc1)NC(=O)OCc1ccccc1. The van der Waals surface area contributed by atoms with Crippen LogP contribution in [0.5, 0.6) is 0 Å². The molecule has 0 spiro atoms. The van der Waals surface area contributed by atoms with E-state index in [2.05, 4.69) is 52.0 Å². The summed E-state index contributed by atoms with van der Waals surface area (Å²) in [5.41, 5.74) is 3.40. The van der Waals surface area contributed by atoms with Gasteiger partial charge in [0.25, 0.3) is 0 Å². The van der Waals surface area contributed by atoms with E-state index >= 15 is 0 Å². The molecule has 0 bridgehead atoms. The van der Waals surface area contributed by atoms with Crippen molar-refractivity contribution in [2.45, 2.75) is 37.6 Å². The number of alkyl carbamates (subject to hydrolysis) is 1. The van der Waals surface area contributed by atoms with Crippen LogP contribution in [0.25, 0.3) is 0 Å². The van der Waals surface area contributed by atoms with Crippen LogP contribution in [-0.4, -0.2) is 53.1 Å². The summed E-state index contributed by atoms with van der Waals surface area (Å²) in [5, 5.41) is 5.71.